The number of aryl methyl sites for hydroxylation is 2. The van der Waals surface area contributed by atoms with E-state index in [1.165, 1.54) is 0 Å². The third-order valence-electron chi connectivity index (χ3n) is 7.50. The van der Waals surface area contributed by atoms with Crippen LogP contribution in [0.5, 0.6) is 0 Å². The van der Waals surface area contributed by atoms with Gasteiger partial charge in [-0.25, -0.2) is 14.6 Å². The average Bonchev–Trinajstić information content (AvgIpc) is 3.29. The number of carbonyl (C=O) groups excluding carboxylic acids is 2. The minimum absolute atomic E-state index is 0.0192. The largest absolute Gasteiger partial charge is 0.444 e. The molecule has 1 aromatic rings. The van der Waals surface area contributed by atoms with Gasteiger partial charge in [0.05, 0.1) is 0 Å². The van der Waals surface area contributed by atoms with Crippen LogP contribution in [0.1, 0.15) is 98.8 Å². The van der Waals surface area contributed by atoms with Gasteiger partial charge in [0.15, 0.2) is 0 Å². The fourth-order valence-corrected chi connectivity index (χ4v) is 5.20. The van der Waals surface area contributed by atoms with Crippen LogP contribution in [0.2, 0.25) is 0 Å². The van der Waals surface area contributed by atoms with Crippen LogP contribution in [0.25, 0.3) is 0 Å². The van der Waals surface area contributed by atoms with Crippen molar-refractivity contribution >= 4 is 18.0 Å². The molecular formula is C30H50N4O4. The minimum Gasteiger partial charge on any atom is -0.444 e. The Morgan fingerprint density at radius 2 is 1.63 bits per heavy atom. The van der Waals surface area contributed by atoms with Gasteiger partial charge in [-0.1, -0.05) is 12.5 Å². The van der Waals surface area contributed by atoms with Crippen LogP contribution in [0.3, 0.4) is 0 Å². The second-order valence-electron chi connectivity index (χ2n) is 13.5. The van der Waals surface area contributed by atoms with E-state index < -0.39 is 11.2 Å². The summed E-state index contributed by atoms with van der Waals surface area (Å²) in [6.07, 6.45) is 6.35. The second-order valence-corrected chi connectivity index (χ2v) is 13.5. The second kappa shape index (κ2) is 11.8. The van der Waals surface area contributed by atoms with Crippen LogP contribution in [-0.2, 0) is 22.3 Å². The molecule has 8 heteroatoms. The molecule has 3 rings (SSSR count). The molecule has 1 fully saturated rings. The van der Waals surface area contributed by atoms with Gasteiger partial charge < -0.3 is 14.4 Å². The summed E-state index contributed by atoms with van der Waals surface area (Å²) in [5.41, 5.74) is 1.16. The van der Waals surface area contributed by atoms with Crippen LogP contribution >= 0.6 is 0 Å². The first-order valence-corrected chi connectivity index (χ1v) is 14.3. The van der Waals surface area contributed by atoms with Crippen molar-refractivity contribution in [3.05, 3.63) is 23.4 Å². The molecule has 0 spiro atoms. The normalized spacial score (nSPS) is 18.5. The maximum Gasteiger partial charge on any atom is 0.416 e. The third kappa shape index (κ3) is 8.32. The summed E-state index contributed by atoms with van der Waals surface area (Å²) in [6.45, 7) is 18.1. The molecule has 0 N–H and O–H groups in total. The number of nitrogens with zero attached hydrogens (tertiary/aromatic N) is 4. The van der Waals surface area contributed by atoms with Crippen molar-refractivity contribution in [3.8, 4) is 0 Å². The molecule has 0 aromatic carbocycles. The number of anilines is 1. The Morgan fingerprint density at radius 1 is 0.974 bits per heavy atom. The molecule has 8 nitrogen and oxygen atoms in total. The molecule has 1 atom stereocenters. The molecule has 2 aliphatic heterocycles. The predicted octanol–water partition coefficient (Wildman–Crippen LogP) is 6.20. The van der Waals surface area contributed by atoms with Crippen molar-refractivity contribution < 1.29 is 19.1 Å². The van der Waals surface area contributed by atoms with Crippen LogP contribution in [0.4, 0.5) is 15.4 Å². The molecule has 1 aromatic heterocycles. The lowest BCUT2D eigenvalue weighted by Crippen LogP contribution is -2.49. The van der Waals surface area contributed by atoms with Crippen molar-refractivity contribution in [2.75, 3.05) is 31.6 Å². The summed E-state index contributed by atoms with van der Waals surface area (Å²) in [4.78, 5) is 36.1. The topological polar surface area (TPSA) is 75.2 Å². The van der Waals surface area contributed by atoms with E-state index in [-0.39, 0.29) is 17.7 Å². The molecule has 2 amide bonds. The van der Waals surface area contributed by atoms with Gasteiger partial charge in [0, 0.05) is 36.9 Å². The zero-order valence-electron chi connectivity index (χ0n) is 25.2. The Balaban J connectivity index is 1.51. The van der Waals surface area contributed by atoms with E-state index in [1.54, 1.807) is 4.90 Å². The fourth-order valence-electron chi connectivity index (χ4n) is 5.20. The number of unbranched alkanes of at least 4 members (excludes halogenated alkanes) is 1. The molecule has 3 heterocycles. The van der Waals surface area contributed by atoms with Gasteiger partial charge in [-0.05, 0) is 113 Å². The third-order valence-corrected chi connectivity index (χ3v) is 7.50. The predicted molar refractivity (Wildman–Crippen MR) is 152 cm³/mol. The van der Waals surface area contributed by atoms with Gasteiger partial charge in [-0.15, -0.1) is 0 Å². The summed E-state index contributed by atoms with van der Waals surface area (Å²) in [5.74, 6) is 0.763. The van der Waals surface area contributed by atoms with Gasteiger partial charge in [0.2, 0.25) is 0 Å². The summed E-state index contributed by atoms with van der Waals surface area (Å²) >= 11 is 0. The number of fused-ring (bicyclic) bond motifs is 1. The monoisotopic (exact) mass is 530 g/mol. The maximum atomic E-state index is 12.8. The van der Waals surface area contributed by atoms with Crippen molar-refractivity contribution in [1.82, 2.24) is 14.8 Å². The Labute approximate surface area is 230 Å². The number of likely N-dealkylation sites (tertiary alicyclic amines) is 1. The summed E-state index contributed by atoms with van der Waals surface area (Å²) in [5, 5.41) is 0. The highest BCUT2D eigenvalue weighted by molar-refractivity contribution is 5.88. The molecule has 2 aliphatic rings. The minimum atomic E-state index is -0.529. The fraction of sp³-hybridized carbons (Fsp3) is 0.767. The lowest BCUT2D eigenvalue weighted by molar-refractivity contribution is 0.0261. The first kappa shape index (κ1) is 30.2. The number of hydrogen-bond acceptors (Lipinski definition) is 6. The van der Waals surface area contributed by atoms with Crippen molar-refractivity contribution in [2.24, 2.45) is 0 Å². The van der Waals surface area contributed by atoms with Crippen LogP contribution in [0, 0.1) is 0 Å². The Morgan fingerprint density at radius 3 is 2.29 bits per heavy atom. The molecule has 214 valence electrons. The molecule has 0 bridgehead atoms. The number of likely N-dealkylation sites (N-methyl/N-ethyl adjacent to an activating group) is 1. The van der Waals surface area contributed by atoms with E-state index in [0.717, 1.165) is 68.6 Å². The van der Waals surface area contributed by atoms with E-state index in [4.69, 9.17) is 14.5 Å². The molecule has 1 saturated heterocycles. The van der Waals surface area contributed by atoms with Gasteiger partial charge >= 0.3 is 12.2 Å². The first-order chi connectivity index (χ1) is 17.6. The standard InChI is InChI=1S/C30H50N4O4/c1-28(2,3)37-26(35)33-20-17-24(21-33)32(9)30(7,8)18-11-10-14-23-16-15-22-13-12-19-34(25(22)31-23)27(36)38-29(4,5)6/h15-16,24H,10-14,17-21H2,1-9H3/t24-/m1/s1. The van der Waals surface area contributed by atoms with Crippen molar-refractivity contribution in [2.45, 2.75) is 123 Å². The number of carbonyl (C=O) groups is 2. The van der Waals surface area contributed by atoms with Crippen LogP contribution < -0.4 is 4.90 Å². The van der Waals surface area contributed by atoms with E-state index >= 15 is 0 Å². The molecule has 0 radical (unpaired) electrons. The molecule has 0 unspecified atom stereocenters. The van der Waals surface area contributed by atoms with Crippen molar-refractivity contribution in [1.29, 1.82) is 0 Å². The number of amides is 2. The highest BCUT2D eigenvalue weighted by Crippen LogP contribution is 2.29. The number of rotatable bonds is 7. The average molecular weight is 531 g/mol. The summed E-state index contributed by atoms with van der Waals surface area (Å²) < 4.78 is 11.2. The van der Waals surface area contributed by atoms with Crippen LogP contribution in [0.15, 0.2) is 12.1 Å². The van der Waals surface area contributed by atoms with E-state index in [1.807, 2.05) is 46.4 Å². The number of pyridine rings is 1. The smallest absolute Gasteiger partial charge is 0.416 e. The Hall–Kier alpha value is -2.35. The zero-order valence-corrected chi connectivity index (χ0v) is 25.2. The Kier molecular flexibility index (Phi) is 9.38. The van der Waals surface area contributed by atoms with Crippen LogP contribution in [-0.4, -0.2) is 76.4 Å². The quantitative estimate of drug-likeness (QED) is 0.391. The van der Waals surface area contributed by atoms with E-state index in [0.29, 0.717) is 19.1 Å². The lowest BCUT2D eigenvalue weighted by atomic mass is 9.92. The summed E-state index contributed by atoms with van der Waals surface area (Å²) in [7, 11) is 2.18. The van der Waals surface area contributed by atoms with Gasteiger partial charge in [-0.2, -0.15) is 0 Å². The molecule has 0 aliphatic carbocycles. The number of ether oxygens (including phenoxy) is 2. The van der Waals surface area contributed by atoms with Gasteiger partial charge in [0.25, 0.3) is 0 Å². The molecular weight excluding hydrogens is 480 g/mol. The summed E-state index contributed by atoms with van der Waals surface area (Å²) in [6, 6.07) is 4.57. The van der Waals surface area contributed by atoms with Gasteiger partial charge in [0.1, 0.15) is 17.0 Å². The van der Waals surface area contributed by atoms with Crippen molar-refractivity contribution in [3.63, 3.8) is 0 Å². The molecule has 0 saturated carbocycles. The Bertz CT molecular complexity index is 979. The zero-order chi connectivity index (χ0) is 28.3. The van der Waals surface area contributed by atoms with E-state index in [2.05, 4.69) is 37.9 Å². The number of aromatic nitrogens is 1. The molecule has 38 heavy (non-hydrogen) atoms. The highest BCUT2D eigenvalue weighted by atomic mass is 16.6. The first-order valence-electron chi connectivity index (χ1n) is 14.3. The highest BCUT2D eigenvalue weighted by Gasteiger charge is 2.36. The lowest BCUT2D eigenvalue weighted by Gasteiger charge is -2.40. The number of hydrogen-bond donors (Lipinski definition) is 0. The maximum absolute atomic E-state index is 12.8. The van der Waals surface area contributed by atoms with Gasteiger partial charge in [-0.3, -0.25) is 9.80 Å². The SMILES string of the molecule is CN([C@@H]1CCN(C(=O)OC(C)(C)C)C1)C(C)(C)CCCCc1ccc2c(n1)N(C(=O)OC(C)(C)C)CCC2. The van der Waals surface area contributed by atoms with E-state index in [9.17, 15) is 9.59 Å².